The third kappa shape index (κ3) is 1.57. The van der Waals surface area contributed by atoms with Crippen molar-refractivity contribution in [3.05, 3.63) is 20.3 Å². The molecule has 6 heteroatoms. The lowest BCUT2D eigenvalue weighted by Crippen LogP contribution is -2.42. The summed E-state index contributed by atoms with van der Waals surface area (Å²) in [5, 5.41) is 2.90. The van der Waals surface area contributed by atoms with Crippen molar-refractivity contribution in [3.8, 4) is 0 Å². The van der Waals surface area contributed by atoms with Crippen LogP contribution >= 0.6 is 22.9 Å². The van der Waals surface area contributed by atoms with Crippen LogP contribution in [0, 0.1) is 6.92 Å². The number of amides is 2. The number of hydrogen-bond donors (Lipinski definition) is 1. The third-order valence-electron chi connectivity index (χ3n) is 3.33. The van der Waals surface area contributed by atoms with E-state index in [1.807, 2.05) is 6.92 Å². The summed E-state index contributed by atoms with van der Waals surface area (Å²) in [5.74, 6) is -0.00632. The van der Waals surface area contributed by atoms with Crippen LogP contribution < -0.4 is 5.32 Å². The summed E-state index contributed by atoms with van der Waals surface area (Å²) in [6.07, 6.45) is 1.07. The van der Waals surface area contributed by atoms with E-state index >= 15 is 0 Å². The number of nitrogens with zero attached hydrogens (tertiary/aromatic N) is 1. The van der Waals surface area contributed by atoms with Gasteiger partial charge in [-0.25, -0.2) is 0 Å². The first-order valence-electron chi connectivity index (χ1n) is 5.46. The smallest absolute Gasteiger partial charge is 0.254 e. The van der Waals surface area contributed by atoms with Crippen molar-refractivity contribution in [2.45, 2.75) is 32.5 Å². The zero-order valence-electron chi connectivity index (χ0n) is 9.25. The van der Waals surface area contributed by atoms with Gasteiger partial charge < -0.3 is 10.2 Å². The number of thiophene rings is 1. The van der Waals surface area contributed by atoms with Crippen LogP contribution in [0.4, 0.5) is 0 Å². The predicted molar refractivity (Wildman–Crippen MR) is 65.1 cm³/mol. The van der Waals surface area contributed by atoms with Gasteiger partial charge in [0.1, 0.15) is 6.17 Å². The second kappa shape index (κ2) is 3.71. The minimum Gasteiger partial charge on any atom is -0.332 e. The maximum atomic E-state index is 12.1. The molecule has 2 aliphatic heterocycles. The molecule has 0 saturated carbocycles. The van der Waals surface area contributed by atoms with Gasteiger partial charge in [0, 0.05) is 11.3 Å². The van der Waals surface area contributed by atoms with Crippen LogP contribution in [0.3, 0.4) is 0 Å². The number of carbonyl (C=O) groups is 2. The van der Waals surface area contributed by atoms with Crippen LogP contribution in [0.2, 0.25) is 4.34 Å². The van der Waals surface area contributed by atoms with Crippen molar-refractivity contribution in [2.75, 3.05) is 0 Å². The second-order valence-electron chi connectivity index (χ2n) is 4.35. The van der Waals surface area contributed by atoms with E-state index in [9.17, 15) is 9.59 Å². The topological polar surface area (TPSA) is 49.4 Å². The Morgan fingerprint density at radius 2 is 2.24 bits per heavy atom. The summed E-state index contributed by atoms with van der Waals surface area (Å²) in [6, 6.07) is 0. The van der Waals surface area contributed by atoms with Crippen LogP contribution in [-0.4, -0.2) is 22.9 Å². The fourth-order valence-corrected chi connectivity index (χ4v) is 3.81. The molecule has 2 amide bonds. The van der Waals surface area contributed by atoms with Crippen molar-refractivity contribution >= 4 is 34.8 Å². The van der Waals surface area contributed by atoms with E-state index in [4.69, 9.17) is 11.6 Å². The summed E-state index contributed by atoms with van der Waals surface area (Å²) >= 11 is 7.45. The highest BCUT2D eigenvalue weighted by Crippen LogP contribution is 2.36. The predicted octanol–water partition coefficient (Wildman–Crippen LogP) is 1.90. The van der Waals surface area contributed by atoms with Gasteiger partial charge in [-0.3, -0.25) is 9.59 Å². The van der Waals surface area contributed by atoms with Gasteiger partial charge in [-0.05, 0) is 18.9 Å². The molecule has 2 aliphatic rings. The monoisotopic (exact) mass is 270 g/mol. The van der Waals surface area contributed by atoms with Gasteiger partial charge in [0.05, 0.1) is 16.4 Å². The summed E-state index contributed by atoms with van der Waals surface area (Å²) in [6.45, 7) is 2.34. The van der Waals surface area contributed by atoms with E-state index in [1.165, 1.54) is 11.3 Å². The van der Waals surface area contributed by atoms with E-state index in [0.717, 1.165) is 10.4 Å². The van der Waals surface area contributed by atoms with Gasteiger partial charge in [-0.1, -0.05) is 11.6 Å². The number of carbonyl (C=O) groups excluding carboxylic acids is 2. The number of nitrogens with one attached hydrogen (secondary N) is 1. The zero-order valence-corrected chi connectivity index (χ0v) is 10.8. The fourth-order valence-electron chi connectivity index (χ4n) is 2.41. The van der Waals surface area contributed by atoms with E-state index in [1.54, 1.807) is 4.90 Å². The highest BCUT2D eigenvalue weighted by Gasteiger charge is 2.37. The molecule has 3 rings (SSSR count). The lowest BCUT2D eigenvalue weighted by atomic mass is 10.1. The Kier molecular flexibility index (Phi) is 2.41. The van der Waals surface area contributed by atoms with E-state index in [0.29, 0.717) is 29.3 Å². The molecule has 17 heavy (non-hydrogen) atoms. The molecule has 1 aromatic heterocycles. The van der Waals surface area contributed by atoms with Gasteiger partial charge >= 0.3 is 0 Å². The maximum absolute atomic E-state index is 12.1. The number of halogens is 1. The van der Waals surface area contributed by atoms with Gasteiger partial charge in [-0.15, -0.1) is 11.3 Å². The van der Waals surface area contributed by atoms with Gasteiger partial charge in [-0.2, -0.15) is 0 Å². The van der Waals surface area contributed by atoms with E-state index in [2.05, 4.69) is 5.32 Å². The molecule has 1 N–H and O–H groups in total. The molecule has 1 unspecified atom stereocenters. The van der Waals surface area contributed by atoms with Gasteiger partial charge in [0.15, 0.2) is 0 Å². The van der Waals surface area contributed by atoms with Crippen molar-refractivity contribution in [1.29, 1.82) is 0 Å². The highest BCUT2D eigenvalue weighted by atomic mass is 35.5. The molecule has 1 fully saturated rings. The third-order valence-corrected chi connectivity index (χ3v) is 4.91. The van der Waals surface area contributed by atoms with Gasteiger partial charge in [0.25, 0.3) is 5.91 Å². The van der Waals surface area contributed by atoms with Crippen LogP contribution in [0.15, 0.2) is 0 Å². The lowest BCUT2D eigenvalue weighted by Gasteiger charge is -2.21. The average molecular weight is 271 g/mol. The second-order valence-corrected chi connectivity index (χ2v) is 6.06. The lowest BCUT2D eigenvalue weighted by molar-refractivity contribution is -0.129. The number of fused-ring (bicyclic) bond motifs is 2. The zero-order chi connectivity index (χ0) is 12.2. The molecule has 4 nitrogen and oxygen atoms in total. The summed E-state index contributed by atoms with van der Waals surface area (Å²) in [5.41, 5.74) is 1.47. The Balaban J connectivity index is 2.08. The quantitative estimate of drug-likeness (QED) is 0.783. The molecular weight excluding hydrogens is 260 g/mol. The normalized spacial score (nSPS) is 23.2. The number of hydrogen-bond acceptors (Lipinski definition) is 3. The Morgan fingerprint density at radius 1 is 1.47 bits per heavy atom. The molecule has 1 atom stereocenters. The molecule has 3 heterocycles. The Bertz CT molecular complexity index is 526. The summed E-state index contributed by atoms with van der Waals surface area (Å²) < 4.78 is 0.634. The van der Waals surface area contributed by atoms with Crippen LogP contribution in [0.25, 0.3) is 0 Å². The first-order chi connectivity index (χ1) is 8.08. The first kappa shape index (κ1) is 11.0. The van der Waals surface area contributed by atoms with Crippen LogP contribution in [-0.2, 0) is 11.3 Å². The Morgan fingerprint density at radius 3 is 3.00 bits per heavy atom. The maximum Gasteiger partial charge on any atom is 0.254 e. The minimum atomic E-state index is -0.146. The van der Waals surface area contributed by atoms with Crippen molar-refractivity contribution in [2.24, 2.45) is 0 Å². The minimum absolute atomic E-state index is 0.102. The summed E-state index contributed by atoms with van der Waals surface area (Å²) in [7, 11) is 0. The molecule has 0 bridgehead atoms. The molecule has 0 spiro atoms. The molecule has 1 aromatic rings. The highest BCUT2D eigenvalue weighted by molar-refractivity contribution is 7.16. The van der Waals surface area contributed by atoms with Crippen LogP contribution in [0.5, 0.6) is 0 Å². The molecule has 0 aromatic carbocycles. The van der Waals surface area contributed by atoms with Crippen molar-refractivity contribution < 1.29 is 9.59 Å². The molecular formula is C11H11ClN2O2S. The molecule has 90 valence electrons. The fraction of sp³-hybridized carbons (Fsp3) is 0.455. The van der Waals surface area contributed by atoms with Crippen molar-refractivity contribution in [1.82, 2.24) is 10.2 Å². The first-order valence-corrected chi connectivity index (χ1v) is 6.65. The standard InChI is InChI=1S/C11H11ClN2O2S/c1-5-9-6(17-10(5)12)4-14-7(13-11(9)16)2-3-8(14)15/h7H,2-4H2,1H3,(H,13,16). The van der Waals surface area contributed by atoms with Crippen LogP contribution in [0.1, 0.15) is 33.6 Å². The molecule has 0 aliphatic carbocycles. The Labute approximate surface area is 108 Å². The number of rotatable bonds is 0. The van der Waals surface area contributed by atoms with Crippen molar-refractivity contribution in [3.63, 3.8) is 0 Å². The molecule has 1 saturated heterocycles. The summed E-state index contributed by atoms with van der Waals surface area (Å²) in [4.78, 5) is 26.4. The van der Waals surface area contributed by atoms with Gasteiger partial charge in [0.2, 0.25) is 5.91 Å². The van der Waals surface area contributed by atoms with E-state index < -0.39 is 0 Å². The Hall–Kier alpha value is -1.07. The van der Waals surface area contributed by atoms with E-state index in [-0.39, 0.29) is 18.0 Å². The SMILES string of the molecule is Cc1c(Cl)sc2c1C(=O)NC1CCC(=O)N1C2. The average Bonchev–Trinajstić information content (AvgIpc) is 2.69. The molecule has 0 radical (unpaired) electrons. The largest absolute Gasteiger partial charge is 0.332 e.